The minimum Gasteiger partial charge on any atom is -0.453 e. The van der Waals surface area contributed by atoms with Gasteiger partial charge >= 0.3 is 6.09 Å². The number of carbonyl (C=O) groups excluding carboxylic acids is 2. The topological polar surface area (TPSA) is 231 Å². The second-order valence-corrected chi connectivity index (χ2v) is 13.1. The van der Waals surface area contributed by atoms with E-state index >= 15 is 0 Å². The lowest BCUT2D eigenvalue weighted by atomic mass is 10.0. The third-order valence-electron chi connectivity index (χ3n) is 7.44. The number of anilines is 2. The summed E-state index contributed by atoms with van der Waals surface area (Å²) in [5.41, 5.74) is 1.96. The van der Waals surface area contributed by atoms with Crippen molar-refractivity contribution in [1.82, 2.24) is 30.0 Å². The maximum Gasteiger partial charge on any atom is 0.411 e. The van der Waals surface area contributed by atoms with E-state index in [1.54, 1.807) is 73.1 Å². The molecule has 1 atom stereocenters. The standard InChI is InChI=1S/C34H32ClN11O6S/c1-37-38-21-45(36)31-13-10-24(35)17-23(31)9-14-32(47)42-30(20-40-53(50,51)27-6-3-5-26(18-27)46-16-4-15-39-46)29-19-28(33(48)44-43-29)22-7-11-25(12-8-22)41-34(49)52-2/h3-19,21,30,40H,1,20,36H2,2H3,(H,41,49)(H,42,47)(H,44,48)/b14-9+,38-21-/t30-/m0/s1. The zero-order chi connectivity index (χ0) is 38.0. The summed E-state index contributed by atoms with van der Waals surface area (Å²) in [6.45, 7) is 2.90. The van der Waals surface area contributed by atoms with Gasteiger partial charge in [-0.3, -0.25) is 19.9 Å². The minimum atomic E-state index is -4.15. The Morgan fingerprint density at radius 3 is 2.64 bits per heavy atom. The second kappa shape index (κ2) is 17.2. The zero-order valence-corrected chi connectivity index (χ0v) is 29.5. The van der Waals surface area contributed by atoms with E-state index in [4.69, 9.17) is 17.4 Å². The molecular formula is C34H32ClN11O6S. The van der Waals surface area contributed by atoms with Crippen LogP contribution in [-0.4, -0.2) is 67.1 Å². The number of nitrogens with one attached hydrogen (secondary N) is 4. The van der Waals surface area contributed by atoms with Gasteiger partial charge in [0.15, 0.2) is 0 Å². The molecule has 0 aliphatic rings. The zero-order valence-electron chi connectivity index (χ0n) is 27.9. The lowest BCUT2D eigenvalue weighted by molar-refractivity contribution is -0.117. The lowest BCUT2D eigenvalue weighted by Gasteiger charge is -2.19. The van der Waals surface area contributed by atoms with Crippen molar-refractivity contribution in [3.63, 3.8) is 0 Å². The van der Waals surface area contributed by atoms with Crippen LogP contribution in [0.3, 0.4) is 0 Å². The SMILES string of the molecule is C=N/N=C\N(N)c1ccc(Cl)cc1/C=C/C(=O)N[C@@H](CNS(=O)(=O)c1cccc(-n2cccn2)c1)c1cc(-c2ccc(NC(=O)OC)cc2)c(=O)[nH]n1. The Hall–Kier alpha value is -6.47. The summed E-state index contributed by atoms with van der Waals surface area (Å²) in [6, 6.07) is 19.2. The van der Waals surface area contributed by atoms with Crippen molar-refractivity contribution in [3.8, 4) is 16.8 Å². The number of nitrogens with zero attached hydrogens (tertiary/aromatic N) is 6. The quantitative estimate of drug-likeness (QED) is 0.0363. The molecule has 53 heavy (non-hydrogen) atoms. The Labute approximate surface area is 307 Å². The molecule has 2 aromatic heterocycles. The maximum atomic E-state index is 13.5. The molecule has 19 heteroatoms. The molecule has 0 saturated carbocycles. The van der Waals surface area contributed by atoms with Gasteiger partial charge in [-0.25, -0.2) is 33.6 Å². The first-order chi connectivity index (χ1) is 25.5. The molecule has 2 heterocycles. The average molecular weight is 758 g/mol. The first-order valence-corrected chi connectivity index (χ1v) is 17.3. The Bertz CT molecular complexity index is 2330. The molecule has 0 unspecified atom stereocenters. The Morgan fingerprint density at radius 1 is 1.13 bits per heavy atom. The number of H-pyrrole nitrogens is 1. The van der Waals surface area contributed by atoms with Gasteiger partial charge in [-0.15, -0.1) is 5.10 Å². The van der Waals surface area contributed by atoms with E-state index < -0.39 is 33.6 Å². The van der Waals surface area contributed by atoms with Crippen LogP contribution in [0.15, 0.2) is 117 Å². The smallest absolute Gasteiger partial charge is 0.411 e. The number of aromatic nitrogens is 4. The minimum absolute atomic E-state index is 0.0544. The first-order valence-electron chi connectivity index (χ1n) is 15.4. The number of nitrogens with two attached hydrogens (primary N) is 1. The highest BCUT2D eigenvalue weighted by Crippen LogP contribution is 2.25. The maximum absolute atomic E-state index is 13.5. The van der Waals surface area contributed by atoms with Gasteiger partial charge in [-0.2, -0.15) is 15.3 Å². The molecular weight excluding hydrogens is 726 g/mol. The van der Waals surface area contributed by atoms with Crippen LogP contribution in [0.2, 0.25) is 5.02 Å². The monoisotopic (exact) mass is 757 g/mol. The van der Waals surface area contributed by atoms with Crippen LogP contribution in [-0.2, 0) is 19.6 Å². The van der Waals surface area contributed by atoms with E-state index in [9.17, 15) is 22.8 Å². The van der Waals surface area contributed by atoms with Gasteiger partial charge in [0, 0.05) is 48.0 Å². The number of hydrogen-bond acceptors (Lipinski definition) is 11. The summed E-state index contributed by atoms with van der Waals surface area (Å²) in [4.78, 5) is 37.9. The summed E-state index contributed by atoms with van der Waals surface area (Å²) in [5.74, 6) is 5.40. The largest absolute Gasteiger partial charge is 0.453 e. The normalized spacial score (nSPS) is 12.1. The fraction of sp³-hybridized carbons (Fsp3) is 0.0882. The van der Waals surface area contributed by atoms with Gasteiger partial charge in [0.25, 0.3) is 5.56 Å². The first kappa shape index (κ1) is 37.8. The predicted molar refractivity (Wildman–Crippen MR) is 201 cm³/mol. The van der Waals surface area contributed by atoms with E-state index in [1.165, 1.54) is 48.5 Å². The molecule has 6 N–H and O–H groups in total. The van der Waals surface area contributed by atoms with Crippen molar-refractivity contribution in [2.75, 3.05) is 24.0 Å². The molecule has 0 aliphatic heterocycles. The number of halogens is 1. The van der Waals surface area contributed by atoms with Gasteiger partial charge in [-0.1, -0.05) is 29.8 Å². The van der Waals surface area contributed by atoms with Crippen LogP contribution in [0.5, 0.6) is 0 Å². The Kier molecular flexibility index (Phi) is 12.2. The molecule has 0 radical (unpaired) electrons. The van der Waals surface area contributed by atoms with Gasteiger partial charge in [-0.05, 0) is 72.3 Å². The van der Waals surface area contributed by atoms with Crippen LogP contribution in [0, 0.1) is 0 Å². The van der Waals surface area contributed by atoms with Crippen molar-refractivity contribution in [2.45, 2.75) is 10.9 Å². The van der Waals surface area contributed by atoms with Gasteiger partial charge in [0.2, 0.25) is 15.9 Å². The van der Waals surface area contributed by atoms with Gasteiger partial charge in [0.1, 0.15) is 6.34 Å². The number of methoxy groups -OCH3 is 1. The molecule has 0 saturated heterocycles. The van der Waals surface area contributed by atoms with Gasteiger partial charge < -0.3 is 10.1 Å². The third-order valence-corrected chi connectivity index (χ3v) is 9.09. The number of benzene rings is 3. The summed E-state index contributed by atoms with van der Waals surface area (Å²) in [5, 5.41) is 24.5. The van der Waals surface area contributed by atoms with E-state index in [2.05, 4.69) is 52.3 Å². The number of hydrogen-bond donors (Lipinski definition) is 5. The molecule has 272 valence electrons. The van der Waals surface area contributed by atoms with E-state index in [1.807, 2.05) is 0 Å². The van der Waals surface area contributed by atoms with Crippen LogP contribution in [0.4, 0.5) is 16.2 Å². The fourth-order valence-electron chi connectivity index (χ4n) is 4.87. The van der Waals surface area contributed by atoms with Crippen molar-refractivity contribution in [1.29, 1.82) is 0 Å². The highest BCUT2D eigenvalue weighted by molar-refractivity contribution is 7.89. The number of amides is 2. The number of hydrazine groups is 1. The van der Waals surface area contributed by atoms with E-state index in [0.717, 1.165) is 5.01 Å². The highest BCUT2D eigenvalue weighted by atomic mass is 35.5. The summed E-state index contributed by atoms with van der Waals surface area (Å²) in [7, 11) is -2.92. The molecule has 3 aromatic carbocycles. The third kappa shape index (κ3) is 9.86. The van der Waals surface area contributed by atoms with Crippen molar-refractivity contribution in [2.24, 2.45) is 16.0 Å². The fourth-order valence-corrected chi connectivity index (χ4v) is 6.14. The molecule has 2 amide bonds. The second-order valence-electron chi connectivity index (χ2n) is 10.9. The van der Waals surface area contributed by atoms with E-state index in [-0.39, 0.29) is 22.7 Å². The summed E-state index contributed by atoms with van der Waals surface area (Å²) < 4.78 is 35.7. The average Bonchev–Trinajstić information content (AvgIpc) is 3.71. The number of carbonyl (C=O) groups is 2. The molecule has 0 fully saturated rings. The molecule has 0 aliphatic carbocycles. The van der Waals surface area contributed by atoms with Gasteiger partial charge in [0.05, 0.1) is 40.7 Å². The van der Waals surface area contributed by atoms with Crippen molar-refractivity contribution >= 4 is 64.1 Å². The predicted octanol–water partition coefficient (Wildman–Crippen LogP) is 3.63. The molecule has 0 bridgehead atoms. The molecule has 5 aromatic rings. The van der Waals surface area contributed by atoms with Crippen molar-refractivity contribution < 1.29 is 22.7 Å². The number of sulfonamides is 1. The summed E-state index contributed by atoms with van der Waals surface area (Å²) in [6.07, 6.45) is 6.42. The molecule has 5 rings (SSSR count). The van der Waals surface area contributed by atoms with Crippen molar-refractivity contribution in [3.05, 3.63) is 124 Å². The number of aromatic amines is 1. The van der Waals surface area contributed by atoms with E-state index in [0.29, 0.717) is 33.2 Å². The number of rotatable bonds is 14. The summed E-state index contributed by atoms with van der Waals surface area (Å²) >= 11 is 6.21. The Morgan fingerprint density at radius 2 is 1.92 bits per heavy atom. The molecule has 0 spiro atoms. The number of ether oxygens (including phenoxy) is 1. The van der Waals surface area contributed by atoms with Crippen LogP contribution in [0.25, 0.3) is 22.9 Å². The Balaban J connectivity index is 1.45. The van der Waals surface area contributed by atoms with Crippen LogP contribution < -0.4 is 31.8 Å². The van der Waals surface area contributed by atoms with Crippen LogP contribution in [0.1, 0.15) is 17.3 Å². The molecule has 17 nitrogen and oxygen atoms in total. The highest BCUT2D eigenvalue weighted by Gasteiger charge is 2.22. The van der Waals surface area contributed by atoms with Crippen LogP contribution >= 0.6 is 11.6 Å². The lowest BCUT2D eigenvalue weighted by Crippen LogP contribution is -2.38.